The minimum Gasteiger partial charge on any atom is -0.463 e. The van der Waals surface area contributed by atoms with E-state index >= 15 is 0 Å². The number of rotatable bonds is 5. The first-order chi connectivity index (χ1) is 9.80. The molecule has 0 amide bonds. The first kappa shape index (κ1) is 16.6. The molecular weight excluding hydrogens is 260 g/mol. The van der Waals surface area contributed by atoms with Gasteiger partial charge in [-0.25, -0.2) is 0 Å². The van der Waals surface area contributed by atoms with Crippen LogP contribution in [0.4, 0.5) is 0 Å². The molecule has 21 heavy (non-hydrogen) atoms. The Morgan fingerprint density at radius 1 is 1.33 bits per heavy atom. The van der Waals surface area contributed by atoms with E-state index < -0.39 is 0 Å². The van der Waals surface area contributed by atoms with Crippen molar-refractivity contribution in [2.45, 2.75) is 91.5 Å². The van der Waals surface area contributed by atoms with E-state index in [1.54, 1.807) is 0 Å². The summed E-state index contributed by atoms with van der Waals surface area (Å²) in [5.74, 6) is 2.20. The van der Waals surface area contributed by atoms with Crippen molar-refractivity contribution in [3.63, 3.8) is 0 Å². The molecule has 1 aromatic rings. The maximum atomic E-state index is 6.11. The summed E-state index contributed by atoms with van der Waals surface area (Å²) in [6, 6.07) is 3.62. The molecule has 0 spiro atoms. The molecule has 0 radical (unpaired) electrons. The molecule has 2 atom stereocenters. The maximum absolute atomic E-state index is 6.11. The van der Waals surface area contributed by atoms with Gasteiger partial charge in [-0.1, -0.05) is 6.92 Å². The average molecular weight is 292 g/mol. The number of hydrogen-bond acceptors (Lipinski definition) is 3. The molecule has 1 aromatic heterocycles. The Hall–Kier alpha value is -0.800. The standard InChI is InChI=1S/C18H32N2O/c1-7-15-9-8-14(3)20(15)12-16-10-13(2)17(21-16)11-19-18(4,5)6/h10,14-15,19H,7-9,11-12H2,1-6H3. The molecule has 2 heterocycles. The van der Waals surface area contributed by atoms with Crippen LogP contribution in [-0.2, 0) is 13.1 Å². The van der Waals surface area contributed by atoms with Gasteiger partial charge in [-0.3, -0.25) is 4.90 Å². The molecule has 3 heteroatoms. The van der Waals surface area contributed by atoms with Crippen LogP contribution in [-0.4, -0.2) is 22.5 Å². The van der Waals surface area contributed by atoms with Crippen molar-refractivity contribution in [2.75, 3.05) is 0 Å². The fraction of sp³-hybridized carbons (Fsp3) is 0.778. The molecular formula is C18H32N2O. The number of nitrogens with zero attached hydrogens (tertiary/aromatic N) is 1. The topological polar surface area (TPSA) is 28.4 Å². The van der Waals surface area contributed by atoms with E-state index in [-0.39, 0.29) is 5.54 Å². The Bertz CT molecular complexity index is 458. The smallest absolute Gasteiger partial charge is 0.120 e. The van der Waals surface area contributed by atoms with Crippen LogP contribution in [0.25, 0.3) is 0 Å². The SMILES string of the molecule is CCC1CCC(C)N1Cc1cc(C)c(CNC(C)(C)C)o1. The Balaban J connectivity index is 2.01. The van der Waals surface area contributed by atoms with Gasteiger partial charge in [0, 0.05) is 17.6 Å². The lowest BCUT2D eigenvalue weighted by Crippen LogP contribution is -2.35. The zero-order valence-electron chi connectivity index (χ0n) is 14.6. The van der Waals surface area contributed by atoms with E-state index in [4.69, 9.17) is 4.42 Å². The van der Waals surface area contributed by atoms with Crippen molar-refractivity contribution in [1.29, 1.82) is 0 Å². The molecule has 0 bridgehead atoms. The molecule has 0 aromatic carbocycles. The van der Waals surface area contributed by atoms with Gasteiger partial charge in [-0.15, -0.1) is 0 Å². The Kier molecular flexibility index (Phi) is 5.15. The lowest BCUT2D eigenvalue weighted by Gasteiger charge is -2.26. The predicted molar refractivity (Wildman–Crippen MR) is 88.4 cm³/mol. The van der Waals surface area contributed by atoms with E-state index in [1.165, 1.54) is 24.8 Å². The third-order valence-electron chi connectivity index (χ3n) is 4.61. The molecule has 2 rings (SSSR count). The Morgan fingerprint density at radius 3 is 2.67 bits per heavy atom. The van der Waals surface area contributed by atoms with E-state index in [2.05, 4.69) is 57.8 Å². The normalized spacial score (nSPS) is 23.9. The van der Waals surface area contributed by atoms with Gasteiger partial charge in [-0.2, -0.15) is 0 Å². The van der Waals surface area contributed by atoms with Crippen LogP contribution in [0.5, 0.6) is 0 Å². The molecule has 0 aliphatic carbocycles. The average Bonchev–Trinajstić information content (AvgIpc) is 2.91. The first-order valence-electron chi connectivity index (χ1n) is 8.39. The summed E-state index contributed by atoms with van der Waals surface area (Å²) in [6.45, 7) is 15.1. The zero-order valence-corrected chi connectivity index (χ0v) is 14.6. The lowest BCUT2D eigenvalue weighted by atomic mass is 10.1. The van der Waals surface area contributed by atoms with Gasteiger partial charge in [0.1, 0.15) is 11.5 Å². The number of aryl methyl sites for hydroxylation is 1. The van der Waals surface area contributed by atoms with E-state index in [0.717, 1.165) is 30.7 Å². The zero-order chi connectivity index (χ0) is 15.6. The van der Waals surface area contributed by atoms with Crippen LogP contribution in [0, 0.1) is 6.92 Å². The van der Waals surface area contributed by atoms with Gasteiger partial charge in [0.25, 0.3) is 0 Å². The second-order valence-corrected chi connectivity index (χ2v) is 7.58. The van der Waals surface area contributed by atoms with Crippen LogP contribution >= 0.6 is 0 Å². The molecule has 0 saturated carbocycles. The van der Waals surface area contributed by atoms with Crippen LogP contribution in [0.3, 0.4) is 0 Å². The maximum Gasteiger partial charge on any atom is 0.120 e. The van der Waals surface area contributed by atoms with Crippen molar-refractivity contribution in [1.82, 2.24) is 10.2 Å². The van der Waals surface area contributed by atoms with E-state index in [1.807, 2.05) is 0 Å². The highest BCUT2D eigenvalue weighted by Gasteiger charge is 2.30. The summed E-state index contributed by atoms with van der Waals surface area (Å²) in [5.41, 5.74) is 1.39. The van der Waals surface area contributed by atoms with Crippen molar-refractivity contribution in [3.05, 3.63) is 23.2 Å². The molecule has 1 saturated heterocycles. The predicted octanol–water partition coefficient (Wildman–Crippen LogP) is 4.24. The van der Waals surface area contributed by atoms with Gasteiger partial charge < -0.3 is 9.73 Å². The van der Waals surface area contributed by atoms with Crippen LogP contribution in [0.1, 0.15) is 71.0 Å². The lowest BCUT2D eigenvalue weighted by molar-refractivity contribution is 0.173. The van der Waals surface area contributed by atoms with Gasteiger partial charge >= 0.3 is 0 Å². The molecule has 1 aliphatic rings. The minimum atomic E-state index is 0.121. The highest BCUT2D eigenvalue weighted by atomic mass is 16.3. The van der Waals surface area contributed by atoms with Gasteiger partial charge in [0.05, 0.1) is 13.1 Å². The fourth-order valence-electron chi connectivity index (χ4n) is 3.22. The molecule has 3 nitrogen and oxygen atoms in total. The van der Waals surface area contributed by atoms with Crippen molar-refractivity contribution in [2.24, 2.45) is 0 Å². The summed E-state index contributed by atoms with van der Waals surface area (Å²) in [5, 5.41) is 3.51. The van der Waals surface area contributed by atoms with Crippen molar-refractivity contribution >= 4 is 0 Å². The molecule has 2 unspecified atom stereocenters. The summed E-state index contributed by atoms with van der Waals surface area (Å²) >= 11 is 0. The van der Waals surface area contributed by atoms with Gasteiger partial charge in [0.2, 0.25) is 0 Å². The molecule has 120 valence electrons. The molecule has 1 aliphatic heterocycles. The van der Waals surface area contributed by atoms with Crippen LogP contribution in [0.15, 0.2) is 10.5 Å². The van der Waals surface area contributed by atoms with Gasteiger partial charge in [-0.05, 0) is 65.5 Å². The summed E-state index contributed by atoms with van der Waals surface area (Å²) in [6.07, 6.45) is 3.88. The number of furan rings is 1. The van der Waals surface area contributed by atoms with Crippen molar-refractivity contribution in [3.8, 4) is 0 Å². The Morgan fingerprint density at radius 2 is 2.05 bits per heavy atom. The van der Waals surface area contributed by atoms with Crippen molar-refractivity contribution < 1.29 is 4.42 Å². The summed E-state index contributed by atoms with van der Waals surface area (Å²) in [4.78, 5) is 2.61. The second-order valence-electron chi connectivity index (χ2n) is 7.58. The largest absolute Gasteiger partial charge is 0.463 e. The van der Waals surface area contributed by atoms with E-state index in [9.17, 15) is 0 Å². The Labute approximate surface area is 130 Å². The quantitative estimate of drug-likeness (QED) is 0.880. The highest BCUT2D eigenvalue weighted by Crippen LogP contribution is 2.29. The molecule has 1 fully saturated rings. The van der Waals surface area contributed by atoms with Crippen LogP contribution < -0.4 is 5.32 Å². The monoisotopic (exact) mass is 292 g/mol. The number of likely N-dealkylation sites (tertiary alicyclic amines) is 1. The highest BCUT2D eigenvalue weighted by molar-refractivity contribution is 5.20. The fourth-order valence-corrected chi connectivity index (χ4v) is 3.22. The minimum absolute atomic E-state index is 0.121. The third-order valence-corrected chi connectivity index (χ3v) is 4.61. The second kappa shape index (κ2) is 6.53. The first-order valence-corrected chi connectivity index (χ1v) is 8.39. The molecule has 1 N–H and O–H groups in total. The van der Waals surface area contributed by atoms with Crippen LogP contribution in [0.2, 0.25) is 0 Å². The third kappa shape index (κ3) is 4.33. The number of nitrogens with one attached hydrogen (secondary N) is 1. The van der Waals surface area contributed by atoms with Gasteiger partial charge in [0.15, 0.2) is 0 Å². The van der Waals surface area contributed by atoms with E-state index in [0.29, 0.717) is 6.04 Å². The number of hydrogen-bond donors (Lipinski definition) is 1. The summed E-state index contributed by atoms with van der Waals surface area (Å²) in [7, 11) is 0. The summed E-state index contributed by atoms with van der Waals surface area (Å²) < 4.78 is 6.11.